The maximum absolute atomic E-state index is 12.1. The molecule has 0 amide bonds. The Morgan fingerprint density at radius 2 is 1.68 bits per heavy atom. The van der Waals surface area contributed by atoms with Gasteiger partial charge in [-0.05, 0) is 17.0 Å². The lowest BCUT2D eigenvalue weighted by Gasteiger charge is -2.21. The fourth-order valence-corrected chi connectivity index (χ4v) is 2.70. The molecule has 0 fully saturated rings. The van der Waals surface area contributed by atoms with Crippen LogP contribution in [0.25, 0.3) is 11.1 Å². The van der Waals surface area contributed by atoms with Gasteiger partial charge in [-0.1, -0.05) is 20.8 Å². The number of phenolic OH excluding ortho intramolecular Hbond substituents is 1. The summed E-state index contributed by atoms with van der Waals surface area (Å²) in [6.45, 7) is 5.11. The highest BCUT2D eigenvalue weighted by molar-refractivity contribution is 6.08. The number of carboxylic acids is 2. The van der Waals surface area contributed by atoms with Crippen LogP contribution in [0.5, 0.6) is 5.75 Å². The minimum absolute atomic E-state index is 0.304. The molecule has 11 heteroatoms. The maximum Gasteiger partial charge on any atom is 0.342 e. The topological polar surface area (TPSA) is 197 Å². The number of nitrogens with two attached hydrogens (primary N) is 1. The molecule has 0 aliphatic heterocycles. The van der Waals surface area contributed by atoms with Crippen LogP contribution < -0.4 is 11.3 Å². The van der Waals surface area contributed by atoms with Crippen LogP contribution in [0.4, 0.5) is 11.5 Å². The first-order valence-corrected chi connectivity index (χ1v) is 7.82. The van der Waals surface area contributed by atoms with E-state index in [0.717, 1.165) is 6.07 Å². The van der Waals surface area contributed by atoms with Crippen LogP contribution in [0.3, 0.4) is 0 Å². The second-order valence-corrected chi connectivity index (χ2v) is 7.00. The molecule has 0 saturated heterocycles. The van der Waals surface area contributed by atoms with Crippen LogP contribution in [-0.2, 0) is 5.41 Å². The van der Waals surface area contributed by atoms with E-state index in [1.165, 1.54) is 6.07 Å². The summed E-state index contributed by atoms with van der Waals surface area (Å²) < 4.78 is 0. The van der Waals surface area contributed by atoms with Crippen molar-refractivity contribution >= 4 is 23.4 Å². The number of aromatic carboxylic acids is 2. The number of hydrogen-bond donors (Lipinski definition) is 5. The molecule has 148 valence electrons. The van der Waals surface area contributed by atoms with Crippen LogP contribution >= 0.6 is 0 Å². The number of aromatic amines is 1. The number of nitro benzene ring substituents is 1. The van der Waals surface area contributed by atoms with Crippen LogP contribution in [0.15, 0.2) is 16.9 Å². The Morgan fingerprint density at radius 1 is 1.14 bits per heavy atom. The van der Waals surface area contributed by atoms with Crippen molar-refractivity contribution in [2.75, 3.05) is 5.73 Å². The van der Waals surface area contributed by atoms with Gasteiger partial charge >= 0.3 is 17.6 Å². The molecule has 1 heterocycles. The van der Waals surface area contributed by atoms with Crippen LogP contribution in [-0.4, -0.2) is 37.2 Å². The number of carboxylic acid groups (broad SMARTS) is 2. The zero-order chi connectivity index (χ0) is 21.5. The van der Waals surface area contributed by atoms with Gasteiger partial charge in [0.15, 0.2) is 0 Å². The number of nitrogen functional groups attached to an aromatic ring is 1. The number of carbonyl (C=O) groups is 2. The standard InChI is InChI=1S/C17H17N3O8/c1-17(2,3)6-4-7(12(21)8(5-6)20(27)28)9-10(15(23)24)13(18)19-14(22)11(9)16(25)26/h4-5,21H,1-3H3,(H,23,24)(H,25,26)(H3,18,19,22). The number of nitro groups is 1. The Labute approximate surface area is 157 Å². The summed E-state index contributed by atoms with van der Waals surface area (Å²) in [6, 6.07) is 2.30. The van der Waals surface area contributed by atoms with E-state index in [4.69, 9.17) is 5.73 Å². The van der Waals surface area contributed by atoms with Gasteiger partial charge in [0.05, 0.1) is 4.92 Å². The molecule has 0 atom stereocenters. The van der Waals surface area contributed by atoms with E-state index in [9.17, 15) is 39.8 Å². The summed E-state index contributed by atoms with van der Waals surface area (Å²) in [5.74, 6) is -5.11. The molecule has 1 aromatic carbocycles. The highest BCUT2D eigenvalue weighted by atomic mass is 16.6. The second-order valence-electron chi connectivity index (χ2n) is 7.00. The lowest BCUT2D eigenvalue weighted by molar-refractivity contribution is -0.385. The summed E-state index contributed by atoms with van der Waals surface area (Å²) in [7, 11) is 0. The molecular formula is C17H17N3O8. The van der Waals surface area contributed by atoms with Gasteiger partial charge in [-0.25, -0.2) is 9.59 Å². The number of H-pyrrole nitrogens is 1. The number of rotatable bonds is 4. The van der Waals surface area contributed by atoms with Gasteiger partial charge in [-0.2, -0.15) is 0 Å². The molecule has 0 unspecified atom stereocenters. The van der Waals surface area contributed by atoms with E-state index >= 15 is 0 Å². The van der Waals surface area contributed by atoms with Crippen molar-refractivity contribution < 1.29 is 29.8 Å². The van der Waals surface area contributed by atoms with E-state index in [1.807, 2.05) is 4.98 Å². The van der Waals surface area contributed by atoms with E-state index in [1.54, 1.807) is 20.8 Å². The average molecular weight is 391 g/mol. The Hall–Kier alpha value is -3.89. The Balaban J connectivity index is 3.17. The number of anilines is 1. The molecule has 1 aromatic heterocycles. The third-order valence-electron chi connectivity index (χ3n) is 4.09. The van der Waals surface area contributed by atoms with Crippen molar-refractivity contribution in [3.63, 3.8) is 0 Å². The van der Waals surface area contributed by atoms with E-state index in [0.29, 0.717) is 5.56 Å². The van der Waals surface area contributed by atoms with Crippen molar-refractivity contribution in [2.24, 2.45) is 0 Å². The van der Waals surface area contributed by atoms with Crippen molar-refractivity contribution in [3.05, 3.63) is 49.3 Å². The molecule has 0 radical (unpaired) electrons. The molecule has 2 rings (SSSR count). The van der Waals surface area contributed by atoms with Gasteiger partial charge in [-0.15, -0.1) is 0 Å². The Morgan fingerprint density at radius 3 is 2.11 bits per heavy atom. The van der Waals surface area contributed by atoms with Gasteiger partial charge < -0.3 is 26.0 Å². The summed E-state index contributed by atoms with van der Waals surface area (Å²) >= 11 is 0. The van der Waals surface area contributed by atoms with Crippen molar-refractivity contribution in [1.82, 2.24) is 4.98 Å². The van der Waals surface area contributed by atoms with E-state index in [2.05, 4.69) is 0 Å². The van der Waals surface area contributed by atoms with Crippen LogP contribution in [0.2, 0.25) is 0 Å². The zero-order valence-electron chi connectivity index (χ0n) is 15.1. The van der Waals surface area contributed by atoms with Crippen LogP contribution in [0.1, 0.15) is 47.1 Å². The quantitative estimate of drug-likeness (QED) is 0.382. The minimum atomic E-state index is -1.79. The first-order valence-electron chi connectivity index (χ1n) is 7.82. The molecule has 0 saturated carbocycles. The number of nitrogens with one attached hydrogen (secondary N) is 1. The van der Waals surface area contributed by atoms with Gasteiger partial charge in [0.1, 0.15) is 16.9 Å². The zero-order valence-corrected chi connectivity index (χ0v) is 15.1. The molecule has 0 bridgehead atoms. The third kappa shape index (κ3) is 3.37. The molecule has 11 nitrogen and oxygen atoms in total. The fourth-order valence-electron chi connectivity index (χ4n) is 2.70. The lowest BCUT2D eigenvalue weighted by atomic mass is 9.83. The molecule has 6 N–H and O–H groups in total. The summed E-state index contributed by atoms with van der Waals surface area (Å²) in [6.07, 6.45) is 0. The van der Waals surface area contributed by atoms with Gasteiger partial charge in [-0.3, -0.25) is 14.9 Å². The van der Waals surface area contributed by atoms with E-state index in [-0.39, 0.29) is 0 Å². The molecule has 0 aliphatic carbocycles. The first kappa shape index (κ1) is 20.4. The summed E-state index contributed by atoms with van der Waals surface area (Å²) in [5, 5.41) is 40.7. The SMILES string of the molecule is CC(C)(C)c1cc(-c2c(C(=O)O)c(N)[nH]c(=O)c2C(=O)O)c(O)c([N+](=O)[O-])c1. The number of phenols is 1. The highest BCUT2D eigenvalue weighted by Gasteiger charge is 2.32. The third-order valence-corrected chi connectivity index (χ3v) is 4.09. The first-order chi connectivity index (χ1) is 12.8. The van der Waals surface area contributed by atoms with Crippen molar-refractivity contribution in [3.8, 4) is 16.9 Å². The number of benzene rings is 1. The van der Waals surface area contributed by atoms with Crippen molar-refractivity contribution in [1.29, 1.82) is 0 Å². The molecule has 28 heavy (non-hydrogen) atoms. The second kappa shape index (κ2) is 6.68. The number of nitrogens with zero attached hydrogens (tertiary/aromatic N) is 1. The number of hydrogen-bond acceptors (Lipinski definition) is 7. The smallest absolute Gasteiger partial charge is 0.342 e. The van der Waals surface area contributed by atoms with Gasteiger partial charge in [0.25, 0.3) is 5.56 Å². The van der Waals surface area contributed by atoms with Crippen molar-refractivity contribution in [2.45, 2.75) is 26.2 Å². The Bertz CT molecular complexity index is 1080. The predicted octanol–water partition coefficient (Wildman–Crippen LogP) is 1.93. The number of aromatic nitrogens is 1. The molecule has 0 spiro atoms. The minimum Gasteiger partial charge on any atom is -0.502 e. The lowest BCUT2D eigenvalue weighted by Crippen LogP contribution is -2.24. The average Bonchev–Trinajstić information content (AvgIpc) is 2.51. The largest absolute Gasteiger partial charge is 0.502 e. The Kier molecular flexibility index (Phi) is 4.88. The monoisotopic (exact) mass is 391 g/mol. The molecule has 2 aromatic rings. The van der Waals surface area contributed by atoms with Gasteiger partial charge in [0, 0.05) is 17.2 Å². The van der Waals surface area contributed by atoms with Gasteiger partial charge in [0.2, 0.25) is 5.75 Å². The normalized spacial score (nSPS) is 11.2. The number of aromatic hydroxyl groups is 1. The predicted molar refractivity (Wildman–Crippen MR) is 97.8 cm³/mol. The highest BCUT2D eigenvalue weighted by Crippen LogP contribution is 2.43. The fraction of sp³-hybridized carbons (Fsp3) is 0.235. The molecule has 0 aliphatic rings. The molecular weight excluding hydrogens is 374 g/mol. The van der Waals surface area contributed by atoms with Crippen LogP contribution in [0, 0.1) is 10.1 Å². The number of pyridine rings is 1. The van der Waals surface area contributed by atoms with E-state index < -0.39 is 67.3 Å². The summed E-state index contributed by atoms with van der Waals surface area (Å²) in [5.41, 5.74) is 0.170. The maximum atomic E-state index is 12.1. The summed E-state index contributed by atoms with van der Waals surface area (Å²) in [4.78, 5) is 47.9.